The Morgan fingerprint density at radius 3 is 2.24 bits per heavy atom. The van der Waals surface area contributed by atoms with Crippen molar-refractivity contribution in [3.8, 4) is 0 Å². The molecule has 2 aromatic rings. The smallest absolute Gasteiger partial charge is 0.245 e. The van der Waals surface area contributed by atoms with Gasteiger partial charge in [-0.25, -0.2) is 0 Å². The van der Waals surface area contributed by atoms with E-state index in [4.69, 9.17) is 46.4 Å². The predicted molar refractivity (Wildman–Crippen MR) is 134 cm³/mol. The molecule has 1 saturated carbocycles. The Morgan fingerprint density at radius 2 is 1.64 bits per heavy atom. The maximum Gasteiger partial charge on any atom is 0.245 e. The first kappa shape index (κ1) is 24.6. The highest BCUT2D eigenvalue weighted by Gasteiger charge is 2.52. The van der Waals surface area contributed by atoms with Gasteiger partial charge in [0, 0.05) is 42.6 Å². The van der Waals surface area contributed by atoms with Crippen LogP contribution in [0.25, 0.3) is 0 Å². The maximum atomic E-state index is 13.5. The summed E-state index contributed by atoms with van der Waals surface area (Å²) < 4.78 is 0. The minimum Gasteiger partial charge on any atom is -0.343 e. The van der Waals surface area contributed by atoms with E-state index < -0.39 is 11.5 Å². The molecule has 1 heterocycles. The van der Waals surface area contributed by atoms with Gasteiger partial charge in [0.15, 0.2) is 0 Å². The second-order valence-corrected chi connectivity index (χ2v) is 10.5. The summed E-state index contributed by atoms with van der Waals surface area (Å²) in [5.74, 6) is -0.286. The summed E-state index contributed by atoms with van der Waals surface area (Å²) in [6.07, 6.45) is 1.66. The molecule has 4 rings (SSSR count). The van der Waals surface area contributed by atoms with E-state index in [1.54, 1.807) is 30.3 Å². The van der Waals surface area contributed by atoms with Crippen LogP contribution in [0.5, 0.6) is 0 Å². The van der Waals surface area contributed by atoms with E-state index in [0.717, 1.165) is 24.2 Å². The third-order valence-electron chi connectivity index (χ3n) is 6.51. The van der Waals surface area contributed by atoms with Crippen molar-refractivity contribution in [2.45, 2.75) is 30.7 Å². The zero-order valence-electron chi connectivity index (χ0n) is 18.2. The third-order valence-corrected chi connectivity index (χ3v) is 7.84. The van der Waals surface area contributed by atoms with Gasteiger partial charge in [-0.15, -0.1) is 0 Å². The van der Waals surface area contributed by atoms with Gasteiger partial charge in [-0.3, -0.25) is 9.59 Å². The van der Waals surface area contributed by atoms with Crippen molar-refractivity contribution in [3.05, 3.63) is 67.6 Å². The van der Waals surface area contributed by atoms with Crippen molar-refractivity contribution in [1.29, 1.82) is 0 Å². The molecule has 0 aromatic heterocycles. The molecule has 1 N–H and O–H groups in total. The minimum atomic E-state index is -0.736. The fraction of sp³-hybridized carbons (Fsp3) is 0.417. The molecule has 1 aliphatic carbocycles. The lowest BCUT2D eigenvalue weighted by Gasteiger charge is -2.35. The molecule has 33 heavy (non-hydrogen) atoms. The number of benzene rings is 2. The summed E-state index contributed by atoms with van der Waals surface area (Å²) in [7, 11) is 2.03. The van der Waals surface area contributed by atoms with Crippen LogP contribution in [0.1, 0.15) is 24.0 Å². The van der Waals surface area contributed by atoms with Crippen LogP contribution in [0.15, 0.2) is 36.4 Å². The molecule has 2 amide bonds. The van der Waals surface area contributed by atoms with Crippen LogP contribution < -0.4 is 5.32 Å². The second kappa shape index (κ2) is 10.0. The number of carbonyl (C=O) groups is 2. The molecule has 0 bridgehead atoms. The van der Waals surface area contributed by atoms with Crippen LogP contribution in [0, 0.1) is 0 Å². The van der Waals surface area contributed by atoms with Crippen LogP contribution >= 0.6 is 46.4 Å². The highest BCUT2D eigenvalue weighted by molar-refractivity contribution is 6.42. The van der Waals surface area contributed by atoms with Crippen molar-refractivity contribution in [3.63, 3.8) is 0 Å². The number of hydrogen-bond donors (Lipinski definition) is 1. The fourth-order valence-electron chi connectivity index (χ4n) is 4.22. The van der Waals surface area contributed by atoms with E-state index in [0.29, 0.717) is 46.0 Å². The fourth-order valence-corrected chi connectivity index (χ4v) is 5.00. The molecule has 1 aliphatic heterocycles. The molecule has 1 atom stereocenters. The van der Waals surface area contributed by atoms with Gasteiger partial charge in [0.05, 0.1) is 15.5 Å². The number of rotatable bonds is 6. The zero-order chi connectivity index (χ0) is 23.8. The Bertz CT molecular complexity index is 1070. The Hall–Kier alpha value is -1.50. The molecule has 0 spiro atoms. The monoisotopic (exact) mass is 527 g/mol. The third kappa shape index (κ3) is 5.44. The number of amides is 2. The summed E-state index contributed by atoms with van der Waals surface area (Å²) >= 11 is 24.7. The lowest BCUT2D eigenvalue weighted by atomic mass is 9.94. The summed E-state index contributed by atoms with van der Waals surface area (Å²) in [6, 6.07) is 9.72. The van der Waals surface area contributed by atoms with Crippen molar-refractivity contribution >= 4 is 58.2 Å². The normalized spacial score (nSPS) is 18.6. The van der Waals surface area contributed by atoms with Gasteiger partial charge in [0.25, 0.3) is 0 Å². The highest BCUT2D eigenvalue weighted by Crippen LogP contribution is 2.49. The van der Waals surface area contributed by atoms with E-state index in [1.165, 1.54) is 0 Å². The Kier molecular flexibility index (Phi) is 7.47. The molecule has 9 heteroatoms. The Labute approximate surface area is 213 Å². The molecule has 2 aromatic carbocycles. The van der Waals surface area contributed by atoms with Crippen LogP contribution in [0.3, 0.4) is 0 Å². The molecular weight excluding hydrogens is 504 g/mol. The summed E-state index contributed by atoms with van der Waals surface area (Å²) in [6.45, 7) is 2.82. The number of likely N-dealkylation sites (N-methyl/N-ethyl adjacent to an activating group) is 1. The first-order valence-electron chi connectivity index (χ1n) is 10.9. The van der Waals surface area contributed by atoms with Gasteiger partial charge in [-0.05, 0) is 55.3 Å². The number of nitrogens with one attached hydrogen (secondary N) is 1. The maximum absolute atomic E-state index is 13.5. The van der Waals surface area contributed by atoms with Crippen LogP contribution in [-0.2, 0) is 21.4 Å². The molecule has 2 aliphatic rings. The quantitative estimate of drug-likeness (QED) is 0.584. The number of halogens is 4. The SMILES string of the molecule is CN1CCN(C(=O)C(Cc2ccc(Cl)cc2Cl)NC(=O)C2(c3ccc(Cl)c(Cl)c3)CC2)CC1. The lowest BCUT2D eigenvalue weighted by molar-refractivity contribution is -0.138. The van der Waals surface area contributed by atoms with Crippen molar-refractivity contribution in [2.24, 2.45) is 0 Å². The Morgan fingerprint density at radius 1 is 0.939 bits per heavy atom. The second-order valence-electron chi connectivity index (χ2n) is 8.81. The van der Waals surface area contributed by atoms with Gasteiger partial charge < -0.3 is 15.1 Å². The van der Waals surface area contributed by atoms with E-state index in [9.17, 15) is 9.59 Å². The van der Waals surface area contributed by atoms with Gasteiger partial charge in [0.2, 0.25) is 11.8 Å². The number of piperazine rings is 1. The molecule has 1 unspecified atom stereocenters. The topological polar surface area (TPSA) is 52.6 Å². The zero-order valence-corrected chi connectivity index (χ0v) is 21.2. The van der Waals surface area contributed by atoms with Crippen LogP contribution in [0.4, 0.5) is 0 Å². The molecular formula is C24H25Cl4N3O2. The van der Waals surface area contributed by atoms with Gasteiger partial charge in [-0.2, -0.15) is 0 Å². The standard InChI is InChI=1S/C24H25Cl4N3O2/c1-30-8-10-31(11-9-30)22(32)21(12-15-2-4-17(25)14-19(15)27)29-23(33)24(6-7-24)16-3-5-18(26)20(28)13-16/h2-5,13-14,21H,6-12H2,1H3,(H,29,33). The van der Waals surface area contributed by atoms with Gasteiger partial charge in [-0.1, -0.05) is 58.5 Å². The van der Waals surface area contributed by atoms with Crippen molar-refractivity contribution in [2.75, 3.05) is 33.2 Å². The number of carbonyl (C=O) groups excluding carboxylic acids is 2. The van der Waals surface area contributed by atoms with Gasteiger partial charge >= 0.3 is 0 Å². The van der Waals surface area contributed by atoms with E-state index in [2.05, 4.69) is 10.2 Å². The summed E-state index contributed by atoms with van der Waals surface area (Å²) in [4.78, 5) is 31.0. The van der Waals surface area contributed by atoms with E-state index in [1.807, 2.05) is 18.0 Å². The summed E-state index contributed by atoms with van der Waals surface area (Å²) in [5.41, 5.74) is 0.872. The number of hydrogen-bond acceptors (Lipinski definition) is 3. The molecule has 1 saturated heterocycles. The Balaban J connectivity index is 1.57. The summed E-state index contributed by atoms with van der Waals surface area (Å²) in [5, 5.41) is 4.88. The predicted octanol–water partition coefficient (Wildman–Crippen LogP) is 4.83. The lowest BCUT2D eigenvalue weighted by Crippen LogP contribution is -2.56. The first-order chi connectivity index (χ1) is 15.7. The van der Waals surface area contributed by atoms with E-state index in [-0.39, 0.29) is 18.2 Å². The molecule has 0 radical (unpaired) electrons. The van der Waals surface area contributed by atoms with Crippen LogP contribution in [0.2, 0.25) is 20.1 Å². The average Bonchev–Trinajstić information content (AvgIpc) is 3.59. The van der Waals surface area contributed by atoms with Crippen molar-refractivity contribution in [1.82, 2.24) is 15.1 Å². The highest BCUT2D eigenvalue weighted by atomic mass is 35.5. The largest absolute Gasteiger partial charge is 0.343 e. The van der Waals surface area contributed by atoms with Crippen LogP contribution in [-0.4, -0.2) is 60.9 Å². The van der Waals surface area contributed by atoms with Crippen molar-refractivity contribution < 1.29 is 9.59 Å². The number of nitrogens with zero attached hydrogens (tertiary/aromatic N) is 2. The average molecular weight is 529 g/mol. The minimum absolute atomic E-state index is 0.104. The van der Waals surface area contributed by atoms with Gasteiger partial charge in [0.1, 0.15) is 6.04 Å². The van der Waals surface area contributed by atoms with E-state index >= 15 is 0 Å². The molecule has 5 nitrogen and oxygen atoms in total. The first-order valence-corrected chi connectivity index (χ1v) is 12.4. The molecule has 2 fully saturated rings. The molecule has 176 valence electrons.